The smallest absolute Gasteiger partial charge is 0.237 e. The third kappa shape index (κ3) is 3.79. The highest BCUT2D eigenvalue weighted by atomic mass is 35.5. The summed E-state index contributed by atoms with van der Waals surface area (Å²) in [4.78, 5) is 15.5. The van der Waals surface area contributed by atoms with Crippen molar-refractivity contribution in [2.75, 3.05) is 0 Å². The highest BCUT2D eigenvalue weighted by Gasteiger charge is 2.16. The van der Waals surface area contributed by atoms with E-state index >= 15 is 0 Å². The van der Waals surface area contributed by atoms with Crippen LogP contribution in [0.2, 0.25) is 5.15 Å². The van der Waals surface area contributed by atoms with E-state index in [-0.39, 0.29) is 11.8 Å². The molecule has 0 unspecified atom stereocenters. The van der Waals surface area contributed by atoms with Gasteiger partial charge < -0.3 is 11.1 Å². The van der Waals surface area contributed by atoms with Crippen LogP contribution in [0, 0.1) is 5.92 Å². The lowest BCUT2D eigenvalue weighted by Gasteiger charge is -2.15. The number of nitrogens with zero attached hydrogens (tertiary/aromatic N) is 1. The molecule has 1 rings (SSSR count). The van der Waals surface area contributed by atoms with Crippen LogP contribution in [0.5, 0.6) is 0 Å². The minimum atomic E-state index is -0.472. The maximum atomic E-state index is 11.5. The highest BCUT2D eigenvalue weighted by Crippen LogP contribution is 2.05. The van der Waals surface area contributed by atoms with E-state index in [4.69, 9.17) is 17.3 Å². The van der Waals surface area contributed by atoms with Crippen LogP contribution in [0.15, 0.2) is 18.3 Å². The van der Waals surface area contributed by atoms with Crippen LogP contribution in [0.4, 0.5) is 0 Å². The normalized spacial score (nSPS) is 12.6. The number of carbonyl (C=O) groups is 1. The predicted molar refractivity (Wildman–Crippen MR) is 63.9 cm³/mol. The van der Waals surface area contributed by atoms with Crippen molar-refractivity contribution in [1.82, 2.24) is 10.3 Å². The molecule has 1 heterocycles. The molecule has 0 aliphatic heterocycles. The SMILES string of the molecule is CC(C)[C@H](N)C(=O)NCc1ccc(Cl)nc1. The van der Waals surface area contributed by atoms with E-state index in [9.17, 15) is 4.79 Å². The molecule has 4 nitrogen and oxygen atoms in total. The molecule has 0 fully saturated rings. The van der Waals surface area contributed by atoms with Gasteiger partial charge in [0.1, 0.15) is 5.15 Å². The largest absolute Gasteiger partial charge is 0.351 e. The Labute approximate surface area is 100 Å². The van der Waals surface area contributed by atoms with Crippen molar-refractivity contribution in [3.8, 4) is 0 Å². The summed E-state index contributed by atoms with van der Waals surface area (Å²) in [6.45, 7) is 4.24. The van der Waals surface area contributed by atoms with Crippen LogP contribution >= 0.6 is 11.6 Å². The average molecular weight is 242 g/mol. The van der Waals surface area contributed by atoms with Gasteiger partial charge in [0.2, 0.25) is 5.91 Å². The molecule has 1 atom stereocenters. The quantitative estimate of drug-likeness (QED) is 0.782. The molecular formula is C11H16ClN3O. The Morgan fingerprint density at radius 2 is 2.25 bits per heavy atom. The molecule has 0 radical (unpaired) electrons. The number of halogens is 1. The van der Waals surface area contributed by atoms with Gasteiger partial charge in [-0.2, -0.15) is 0 Å². The summed E-state index contributed by atoms with van der Waals surface area (Å²) in [5.74, 6) is -0.0201. The lowest BCUT2D eigenvalue weighted by molar-refractivity contribution is -0.123. The number of amides is 1. The zero-order chi connectivity index (χ0) is 12.1. The van der Waals surface area contributed by atoms with Crippen LogP contribution in [-0.2, 0) is 11.3 Å². The Balaban J connectivity index is 2.46. The fraction of sp³-hybridized carbons (Fsp3) is 0.455. The molecule has 0 aliphatic rings. The third-order valence-corrected chi connectivity index (χ3v) is 2.50. The number of pyridine rings is 1. The molecule has 1 aromatic heterocycles. The number of aromatic nitrogens is 1. The van der Waals surface area contributed by atoms with Gasteiger partial charge in [0.05, 0.1) is 6.04 Å². The van der Waals surface area contributed by atoms with Crippen LogP contribution in [0.25, 0.3) is 0 Å². The summed E-state index contributed by atoms with van der Waals surface area (Å²) in [5, 5.41) is 3.19. The first kappa shape index (κ1) is 12.9. The van der Waals surface area contributed by atoms with Crippen molar-refractivity contribution in [1.29, 1.82) is 0 Å². The lowest BCUT2D eigenvalue weighted by Crippen LogP contribution is -2.43. The van der Waals surface area contributed by atoms with Crippen molar-refractivity contribution in [2.45, 2.75) is 26.4 Å². The van der Waals surface area contributed by atoms with Crippen molar-refractivity contribution in [3.63, 3.8) is 0 Å². The van der Waals surface area contributed by atoms with Crippen molar-refractivity contribution < 1.29 is 4.79 Å². The minimum absolute atomic E-state index is 0.128. The maximum absolute atomic E-state index is 11.5. The van der Waals surface area contributed by atoms with Crippen molar-refractivity contribution >= 4 is 17.5 Å². The molecule has 16 heavy (non-hydrogen) atoms. The average Bonchev–Trinajstić information content (AvgIpc) is 2.26. The topological polar surface area (TPSA) is 68.0 Å². The van der Waals surface area contributed by atoms with Crippen LogP contribution < -0.4 is 11.1 Å². The number of nitrogens with one attached hydrogen (secondary N) is 1. The lowest BCUT2D eigenvalue weighted by atomic mass is 10.1. The first-order chi connectivity index (χ1) is 7.50. The number of hydrogen-bond donors (Lipinski definition) is 2. The summed E-state index contributed by atoms with van der Waals surface area (Å²) in [6, 6.07) is 3.03. The molecule has 1 amide bonds. The number of hydrogen-bond acceptors (Lipinski definition) is 3. The second-order valence-electron chi connectivity index (χ2n) is 3.98. The molecule has 0 bridgehead atoms. The Morgan fingerprint density at radius 3 is 2.75 bits per heavy atom. The van der Waals surface area contributed by atoms with E-state index in [2.05, 4.69) is 10.3 Å². The molecule has 0 aliphatic carbocycles. The van der Waals surface area contributed by atoms with E-state index < -0.39 is 6.04 Å². The van der Waals surface area contributed by atoms with Crippen molar-refractivity contribution in [2.24, 2.45) is 11.7 Å². The highest BCUT2D eigenvalue weighted by molar-refractivity contribution is 6.29. The standard InChI is InChI=1S/C11H16ClN3O/c1-7(2)10(13)11(16)15-6-8-3-4-9(12)14-5-8/h3-5,7,10H,6,13H2,1-2H3,(H,15,16)/t10-/m0/s1. The predicted octanol–water partition coefficient (Wildman–Crippen LogP) is 1.33. The summed E-state index contributed by atoms with van der Waals surface area (Å²) >= 11 is 5.65. The van der Waals surface area contributed by atoms with E-state index in [1.807, 2.05) is 19.9 Å². The number of carbonyl (C=O) groups excluding carboxylic acids is 1. The molecule has 5 heteroatoms. The Morgan fingerprint density at radius 1 is 1.56 bits per heavy atom. The van der Waals surface area contributed by atoms with Gasteiger partial charge in [0.15, 0.2) is 0 Å². The zero-order valence-corrected chi connectivity index (χ0v) is 10.2. The van der Waals surface area contributed by atoms with Crippen molar-refractivity contribution in [3.05, 3.63) is 29.0 Å². The molecule has 0 saturated heterocycles. The fourth-order valence-electron chi connectivity index (χ4n) is 1.12. The van der Waals surface area contributed by atoms with Gasteiger partial charge in [0, 0.05) is 12.7 Å². The number of rotatable bonds is 4. The molecule has 0 saturated carbocycles. The van der Waals surface area contributed by atoms with Gasteiger partial charge in [-0.3, -0.25) is 4.79 Å². The second kappa shape index (κ2) is 5.82. The van der Waals surface area contributed by atoms with Gasteiger partial charge in [-0.25, -0.2) is 4.98 Å². The Kier molecular flexibility index (Phi) is 4.71. The molecule has 1 aromatic rings. The first-order valence-corrected chi connectivity index (χ1v) is 5.52. The van der Waals surface area contributed by atoms with Crippen LogP contribution in [0.3, 0.4) is 0 Å². The molecule has 0 aromatic carbocycles. The van der Waals surface area contributed by atoms with Gasteiger partial charge in [-0.15, -0.1) is 0 Å². The van der Waals surface area contributed by atoms with Crippen LogP contribution in [0.1, 0.15) is 19.4 Å². The Hall–Kier alpha value is -1.13. The van der Waals surface area contributed by atoms with E-state index in [1.165, 1.54) is 0 Å². The molecule has 3 N–H and O–H groups in total. The van der Waals surface area contributed by atoms with E-state index in [0.29, 0.717) is 11.7 Å². The zero-order valence-electron chi connectivity index (χ0n) is 9.40. The maximum Gasteiger partial charge on any atom is 0.237 e. The molecule has 88 valence electrons. The summed E-state index contributed by atoms with van der Waals surface area (Å²) in [5.41, 5.74) is 6.60. The fourth-order valence-corrected chi connectivity index (χ4v) is 1.23. The summed E-state index contributed by atoms with van der Waals surface area (Å²) in [6.07, 6.45) is 1.63. The Bertz CT molecular complexity index is 351. The first-order valence-electron chi connectivity index (χ1n) is 5.14. The van der Waals surface area contributed by atoms with Gasteiger partial charge in [0.25, 0.3) is 0 Å². The molecular weight excluding hydrogens is 226 g/mol. The van der Waals surface area contributed by atoms with Gasteiger partial charge in [-0.05, 0) is 17.5 Å². The number of nitrogens with two attached hydrogens (primary N) is 1. The van der Waals surface area contributed by atoms with Gasteiger partial charge in [-0.1, -0.05) is 31.5 Å². The van der Waals surface area contributed by atoms with E-state index in [1.54, 1.807) is 12.3 Å². The summed E-state index contributed by atoms with van der Waals surface area (Å²) < 4.78 is 0. The second-order valence-corrected chi connectivity index (χ2v) is 4.36. The third-order valence-electron chi connectivity index (χ3n) is 2.28. The summed E-state index contributed by atoms with van der Waals surface area (Å²) in [7, 11) is 0. The minimum Gasteiger partial charge on any atom is -0.351 e. The monoisotopic (exact) mass is 241 g/mol. The molecule has 0 spiro atoms. The van der Waals surface area contributed by atoms with Gasteiger partial charge >= 0.3 is 0 Å². The van der Waals surface area contributed by atoms with E-state index in [0.717, 1.165) is 5.56 Å². The van der Waals surface area contributed by atoms with Crippen LogP contribution in [-0.4, -0.2) is 16.9 Å².